The maximum absolute atomic E-state index is 9.02. The number of nitrogens with zero attached hydrogens (tertiary/aromatic N) is 3. The molecule has 0 fully saturated rings. The summed E-state index contributed by atoms with van der Waals surface area (Å²) in [6, 6.07) is 1.98. The van der Waals surface area contributed by atoms with Crippen molar-refractivity contribution in [1.82, 2.24) is 9.97 Å². The molecule has 0 aliphatic carbocycles. The second-order valence-electron chi connectivity index (χ2n) is 3.55. The zero-order valence-corrected chi connectivity index (χ0v) is 11.2. The fraction of sp³-hybridized carbons (Fsp3) is 0.600. The Morgan fingerprint density at radius 3 is 2.69 bits per heavy atom. The van der Waals surface area contributed by atoms with Gasteiger partial charge in [0.15, 0.2) is 5.16 Å². The molecule has 0 aliphatic rings. The number of hydrogen-bond acceptors (Lipinski definition) is 5. The van der Waals surface area contributed by atoms with Gasteiger partial charge in [-0.05, 0) is 20.1 Å². The van der Waals surface area contributed by atoms with E-state index in [0.29, 0.717) is 16.9 Å². The van der Waals surface area contributed by atoms with Gasteiger partial charge in [0.25, 0.3) is 0 Å². The Morgan fingerprint density at radius 2 is 2.19 bits per heavy atom. The van der Waals surface area contributed by atoms with Gasteiger partial charge in [0.1, 0.15) is 11.0 Å². The van der Waals surface area contributed by atoms with Crippen LogP contribution < -0.4 is 4.90 Å². The first-order chi connectivity index (χ1) is 7.58. The summed E-state index contributed by atoms with van der Waals surface area (Å²) in [6.07, 6.45) is 1.90. The summed E-state index contributed by atoms with van der Waals surface area (Å²) in [7, 11) is 0. The molecule has 1 aromatic heterocycles. The van der Waals surface area contributed by atoms with Crippen molar-refractivity contribution in [2.24, 2.45) is 0 Å². The largest absolute Gasteiger partial charge is 0.395 e. The molecule has 1 N–H and O–H groups in total. The van der Waals surface area contributed by atoms with Crippen molar-refractivity contribution in [3.63, 3.8) is 0 Å². The van der Waals surface area contributed by atoms with Gasteiger partial charge < -0.3 is 10.0 Å². The Morgan fingerprint density at radius 1 is 1.50 bits per heavy atom. The first-order valence-corrected chi connectivity index (χ1v) is 6.64. The van der Waals surface area contributed by atoms with Gasteiger partial charge in [-0.25, -0.2) is 9.97 Å². The smallest absolute Gasteiger partial charge is 0.190 e. The fourth-order valence-corrected chi connectivity index (χ4v) is 1.97. The first-order valence-electron chi connectivity index (χ1n) is 5.04. The van der Waals surface area contributed by atoms with E-state index in [2.05, 4.69) is 9.97 Å². The summed E-state index contributed by atoms with van der Waals surface area (Å²) >= 11 is 7.37. The van der Waals surface area contributed by atoms with Crippen LogP contribution in [0.4, 0.5) is 5.82 Å². The van der Waals surface area contributed by atoms with Gasteiger partial charge in [-0.3, -0.25) is 0 Å². The third-order valence-electron chi connectivity index (χ3n) is 2.10. The lowest BCUT2D eigenvalue weighted by Gasteiger charge is -2.27. The second-order valence-corrected chi connectivity index (χ2v) is 4.71. The van der Waals surface area contributed by atoms with E-state index in [0.717, 1.165) is 5.82 Å². The Labute approximate surface area is 105 Å². The molecule has 4 nitrogen and oxygen atoms in total. The highest BCUT2D eigenvalue weighted by atomic mass is 35.5. The van der Waals surface area contributed by atoms with E-state index < -0.39 is 0 Å². The lowest BCUT2D eigenvalue weighted by Crippen LogP contribution is -2.34. The molecule has 0 atom stereocenters. The van der Waals surface area contributed by atoms with Gasteiger partial charge >= 0.3 is 0 Å². The standard InChI is InChI=1S/C10H16ClN3OS/c1-7(2)14(4-5-15)9-6-8(11)12-10(13-9)16-3/h6-7,15H,4-5H2,1-3H3. The molecule has 0 radical (unpaired) electrons. The van der Waals surface area contributed by atoms with Crippen LogP contribution >= 0.6 is 23.4 Å². The van der Waals surface area contributed by atoms with Crippen molar-refractivity contribution >= 4 is 29.2 Å². The molecule has 0 spiro atoms. The van der Waals surface area contributed by atoms with Crippen LogP contribution in [0.5, 0.6) is 0 Å². The minimum atomic E-state index is 0.0917. The molecule has 0 aliphatic heterocycles. The molecule has 16 heavy (non-hydrogen) atoms. The van der Waals surface area contributed by atoms with Crippen LogP contribution in [0, 0.1) is 0 Å². The minimum absolute atomic E-state index is 0.0917. The van der Waals surface area contributed by atoms with E-state index in [-0.39, 0.29) is 12.6 Å². The number of aliphatic hydroxyl groups is 1. The summed E-state index contributed by atoms with van der Waals surface area (Å²) in [5.74, 6) is 0.758. The predicted molar refractivity (Wildman–Crippen MR) is 68.4 cm³/mol. The Balaban J connectivity index is 3.03. The summed E-state index contributed by atoms with van der Waals surface area (Å²) in [6.45, 7) is 4.72. The van der Waals surface area contributed by atoms with Crippen molar-refractivity contribution in [3.05, 3.63) is 11.2 Å². The Hall–Kier alpha value is -0.520. The monoisotopic (exact) mass is 261 g/mol. The van der Waals surface area contributed by atoms with E-state index in [1.165, 1.54) is 11.8 Å². The molecule has 1 heterocycles. The van der Waals surface area contributed by atoms with Crippen molar-refractivity contribution in [2.45, 2.75) is 25.0 Å². The topological polar surface area (TPSA) is 49.2 Å². The molecule has 0 saturated carbocycles. The Bertz CT molecular complexity index is 349. The third kappa shape index (κ3) is 3.50. The van der Waals surface area contributed by atoms with E-state index >= 15 is 0 Å². The van der Waals surface area contributed by atoms with Gasteiger partial charge in [-0.1, -0.05) is 23.4 Å². The molecule has 6 heteroatoms. The molecule has 0 unspecified atom stereocenters. The molecule has 0 amide bonds. The second kappa shape index (κ2) is 6.27. The zero-order chi connectivity index (χ0) is 12.1. The highest BCUT2D eigenvalue weighted by Gasteiger charge is 2.13. The average molecular weight is 262 g/mol. The molecule has 1 aromatic rings. The average Bonchev–Trinajstić information content (AvgIpc) is 2.24. The van der Waals surface area contributed by atoms with E-state index in [9.17, 15) is 0 Å². The number of rotatable bonds is 5. The molecule has 0 aromatic carbocycles. The summed E-state index contributed by atoms with van der Waals surface area (Å²) in [5.41, 5.74) is 0. The lowest BCUT2D eigenvalue weighted by molar-refractivity contribution is 0.298. The zero-order valence-electron chi connectivity index (χ0n) is 9.64. The number of aromatic nitrogens is 2. The molecule has 0 saturated heterocycles. The number of halogens is 1. The summed E-state index contributed by atoms with van der Waals surface area (Å²) in [4.78, 5) is 10.5. The van der Waals surface area contributed by atoms with Gasteiger partial charge in [0.2, 0.25) is 0 Å². The van der Waals surface area contributed by atoms with Gasteiger partial charge in [0, 0.05) is 18.7 Å². The molecule has 90 valence electrons. The van der Waals surface area contributed by atoms with E-state index in [1.807, 2.05) is 25.0 Å². The summed E-state index contributed by atoms with van der Waals surface area (Å²) < 4.78 is 0. The highest BCUT2D eigenvalue weighted by molar-refractivity contribution is 7.98. The van der Waals surface area contributed by atoms with Crippen LogP contribution in [0.25, 0.3) is 0 Å². The van der Waals surface area contributed by atoms with Crippen LogP contribution in [0.15, 0.2) is 11.2 Å². The van der Waals surface area contributed by atoms with E-state index in [4.69, 9.17) is 16.7 Å². The SMILES string of the molecule is CSc1nc(Cl)cc(N(CCO)C(C)C)n1. The normalized spacial score (nSPS) is 10.9. The third-order valence-corrected chi connectivity index (χ3v) is 2.84. The number of aliphatic hydroxyl groups excluding tert-OH is 1. The number of hydrogen-bond donors (Lipinski definition) is 1. The minimum Gasteiger partial charge on any atom is -0.395 e. The maximum Gasteiger partial charge on any atom is 0.190 e. The van der Waals surface area contributed by atoms with Crippen molar-refractivity contribution in [2.75, 3.05) is 24.3 Å². The number of anilines is 1. The fourth-order valence-electron chi connectivity index (χ4n) is 1.37. The first kappa shape index (κ1) is 13.5. The van der Waals surface area contributed by atoms with Gasteiger partial charge in [-0.2, -0.15) is 0 Å². The quantitative estimate of drug-likeness (QED) is 0.500. The summed E-state index contributed by atoms with van der Waals surface area (Å²) in [5, 5.41) is 10.1. The molecule has 1 rings (SSSR count). The van der Waals surface area contributed by atoms with E-state index in [1.54, 1.807) is 6.07 Å². The number of thioether (sulfide) groups is 1. The van der Waals surface area contributed by atoms with Gasteiger partial charge in [-0.15, -0.1) is 0 Å². The predicted octanol–water partition coefficient (Wildman–Crippen LogP) is 2.06. The van der Waals surface area contributed by atoms with Crippen molar-refractivity contribution < 1.29 is 5.11 Å². The van der Waals surface area contributed by atoms with Crippen molar-refractivity contribution in [3.8, 4) is 0 Å². The Kier molecular flexibility index (Phi) is 5.31. The lowest BCUT2D eigenvalue weighted by atomic mass is 10.3. The van der Waals surface area contributed by atoms with Crippen LogP contribution in [-0.4, -0.2) is 40.5 Å². The van der Waals surface area contributed by atoms with Crippen LogP contribution in [0.1, 0.15) is 13.8 Å². The maximum atomic E-state index is 9.02. The molecule has 0 bridgehead atoms. The molecular weight excluding hydrogens is 246 g/mol. The molecular formula is C10H16ClN3OS. The van der Waals surface area contributed by atoms with Crippen LogP contribution in [0.2, 0.25) is 5.15 Å². The van der Waals surface area contributed by atoms with Crippen LogP contribution in [-0.2, 0) is 0 Å². The van der Waals surface area contributed by atoms with Crippen molar-refractivity contribution in [1.29, 1.82) is 0 Å². The van der Waals surface area contributed by atoms with Gasteiger partial charge in [0.05, 0.1) is 6.61 Å². The highest BCUT2D eigenvalue weighted by Crippen LogP contribution is 2.21. The van der Waals surface area contributed by atoms with Crippen LogP contribution in [0.3, 0.4) is 0 Å².